The summed E-state index contributed by atoms with van der Waals surface area (Å²) in [6, 6.07) is 0. The molecule has 0 atom stereocenters. The maximum Gasteiger partial charge on any atom is 2.00 e. The van der Waals surface area contributed by atoms with E-state index in [-0.39, 0.29) is 53.3 Å². The number of ketones is 1. The summed E-state index contributed by atoms with van der Waals surface area (Å²) in [5, 5.41) is 1.29. The van der Waals surface area contributed by atoms with Gasteiger partial charge in [-0.25, -0.2) is 5.06 Å². The van der Waals surface area contributed by atoms with Crippen LogP contribution in [0.3, 0.4) is 0 Å². The van der Waals surface area contributed by atoms with Gasteiger partial charge in [0.2, 0.25) is 5.91 Å². The van der Waals surface area contributed by atoms with Gasteiger partial charge in [-0.05, 0) is 25.7 Å². The van der Waals surface area contributed by atoms with Gasteiger partial charge in [0, 0.05) is 25.3 Å². The fraction of sp³-hybridized carbons (Fsp3) is 0.786. The van der Waals surface area contributed by atoms with E-state index in [2.05, 4.69) is 6.92 Å². The second-order valence-electron chi connectivity index (χ2n) is 4.39. The van der Waals surface area contributed by atoms with E-state index < -0.39 is 0 Å². The Morgan fingerprint density at radius 1 is 1.20 bits per heavy atom. The van der Waals surface area contributed by atoms with E-state index in [0.717, 1.165) is 32.1 Å². The van der Waals surface area contributed by atoms with Gasteiger partial charge in [-0.15, -0.1) is 17.0 Å². The van der Waals surface area contributed by atoms with Crippen LogP contribution < -0.4 is 0 Å². The van der Waals surface area contributed by atoms with Crippen molar-refractivity contribution in [1.29, 1.82) is 0 Å². The molecule has 0 radical (unpaired) electrons. The summed E-state index contributed by atoms with van der Waals surface area (Å²) in [6.07, 6.45) is 5.13. The molecule has 0 bridgehead atoms. The Bertz CT molecular complexity index is 275. The number of carbonyl (C=O) groups excluding carboxylic acids is 2. The molecule has 0 unspecified atom stereocenters. The molecule has 0 aromatic carbocycles. The molecule has 0 aromatic heterocycles. The Labute approximate surface area is 151 Å². The number of halogens is 1. The van der Waals surface area contributed by atoms with E-state index >= 15 is 0 Å². The standard InChI is InChI=1S/C6H11NO2.C6H10O.C2H5.BrH.Mg.H/c1-7(9-2)6(8)5-3-4-5;1-2-6(7)5-3-4-5;1-2;;;/h5H,3-4H2,1-2H3;5H,2-4H2,1H3;1H2,2H3;1H;;/q;;-1;;+2;-1. The molecule has 2 saturated carbocycles. The Morgan fingerprint density at radius 3 is 1.80 bits per heavy atom. The van der Waals surface area contributed by atoms with Crippen LogP contribution in [0.1, 0.15) is 47.4 Å². The molecule has 0 spiro atoms. The smallest absolute Gasteiger partial charge is 1.00 e. The van der Waals surface area contributed by atoms with Crippen molar-refractivity contribution >= 4 is 51.7 Å². The predicted octanol–water partition coefficient (Wildman–Crippen LogP) is 2.94. The van der Waals surface area contributed by atoms with Gasteiger partial charge in [0.1, 0.15) is 5.78 Å². The topological polar surface area (TPSA) is 46.6 Å². The molecule has 2 aliphatic carbocycles. The van der Waals surface area contributed by atoms with Crippen molar-refractivity contribution in [2.24, 2.45) is 11.8 Å². The molecule has 0 heterocycles. The molecule has 2 rings (SSSR count). The van der Waals surface area contributed by atoms with Crippen molar-refractivity contribution in [3.05, 3.63) is 6.92 Å². The van der Waals surface area contributed by atoms with E-state index in [0.29, 0.717) is 11.7 Å². The average molecular weight is 363 g/mol. The van der Waals surface area contributed by atoms with Crippen LogP contribution in [0.5, 0.6) is 0 Å². The van der Waals surface area contributed by atoms with Crippen molar-refractivity contribution in [3.8, 4) is 0 Å². The fourth-order valence-corrected chi connectivity index (χ4v) is 1.37. The summed E-state index contributed by atoms with van der Waals surface area (Å²) < 4.78 is 0. The summed E-state index contributed by atoms with van der Waals surface area (Å²) in [5.74, 6) is 1.30. The zero-order valence-corrected chi connectivity index (χ0v) is 16.3. The molecule has 20 heavy (non-hydrogen) atoms. The monoisotopic (exact) mass is 361 g/mol. The van der Waals surface area contributed by atoms with Crippen LogP contribution >= 0.6 is 17.0 Å². The molecule has 4 nitrogen and oxygen atoms in total. The number of hydrogen-bond acceptors (Lipinski definition) is 3. The third-order valence-electron chi connectivity index (χ3n) is 2.89. The molecule has 0 aromatic rings. The fourth-order valence-electron chi connectivity index (χ4n) is 1.37. The van der Waals surface area contributed by atoms with E-state index in [1.165, 1.54) is 12.2 Å². The minimum atomic E-state index is 0. The van der Waals surface area contributed by atoms with Gasteiger partial charge in [0.25, 0.3) is 0 Å². The predicted molar refractivity (Wildman–Crippen MR) is 88.7 cm³/mol. The first kappa shape index (κ1) is 25.3. The average Bonchev–Trinajstić information content (AvgIpc) is 3.29. The van der Waals surface area contributed by atoms with Gasteiger partial charge in [0.05, 0.1) is 7.11 Å². The first-order valence-corrected chi connectivity index (χ1v) is 6.65. The quantitative estimate of drug-likeness (QED) is 0.439. The minimum absolute atomic E-state index is 0. The third kappa shape index (κ3) is 11.1. The Kier molecular flexibility index (Phi) is 18.1. The van der Waals surface area contributed by atoms with E-state index in [4.69, 9.17) is 4.84 Å². The van der Waals surface area contributed by atoms with Crippen LogP contribution in [0, 0.1) is 18.8 Å². The number of hydrogen-bond donors (Lipinski definition) is 0. The first-order chi connectivity index (χ1) is 8.60. The SMILES string of the molecule is Br.CCC(=O)C1CC1.CON(C)C(=O)C1CC1.[CH2-]C.[H-].[Mg+2]. The molecular formula is C14H28BrMgNO3. The molecule has 0 saturated heterocycles. The van der Waals surface area contributed by atoms with Crippen molar-refractivity contribution in [3.63, 3.8) is 0 Å². The molecule has 0 aliphatic heterocycles. The van der Waals surface area contributed by atoms with E-state index in [1.54, 1.807) is 14.0 Å². The van der Waals surface area contributed by atoms with Gasteiger partial charge in [-0.3, -0.25) is 14.4 Å². The first-order valence-electron chi connectivity index (χ1n) is 6.65. The van der Waals surface area contributed by atoms with Crippen LogP contribution in [-0.4, -0.2) is 54.0 Å². The summed E-state index contributed by atoms with van der Waals surface area (Å²) in [4.78, 5) is 26.2. The van der Waals surface area contributed by atoms with Gasteiger partial charge in [-0.1, -0.05) is 6.92 Å². The second-order valence-corrected chi connectivity index (χ2v) is 4.39. The largest absolute Gasteiger partial charge is 2.00 e. The molecule has 2 aliphatic rings. The summed E-state index contributed by atoms with van der Waals surface area (Å²) in [7, 11) is 3.14. The van der Waals surface area contributed by atoms with Gasteiger partial charge in [0.15, 0.2) is 0 Å². The summed E-state index contributed by atoms with van der Waals surface area (Å²) >= 11 is 0. The minimum Gasteiger partial charge on any atom is -1.00 e. The molecular weight excluding hydrogens is 334 g/mol. The number of nitrogens with zero attached hydrogens (tertiary/aromatic N) is 1. The summed E-state index contributed by atoms with van der Waals surface area (Å²) in [6.45, 7) is 6.93. The zero-order valence-electron chi connectivity index (χ0n) is 14.2. The van der Waals surface area contributed by atoms with E-state index in [9.17, 15) is 9.59 Å². The number of Topliss-reactive ketones (excluding diaryl/α,β-unsaturated/α-hetero) is 1. The van der Waals surface area contributed by atoms with Crippen LogP contribution in [0.4, 0.5) is 0 Å². The Morgan fingerprint density at radius 2 is 1.60 bits per heavy atom. The van der Waals surface area contributed by atoms with Crippen molar-refractivity contribution in [1.82, 2.24) is 5.06 Å². The van der Waals surface area contributed by atoms with E-state index in [1.807, 2.05) is 6.92 Å². The maximum absolute atomic E-state index is 10.9. The van der Waals surface area contributed by atoms with Crippen LogP contribution in [0.15, 0.2) is 0 Å². The maximum atomic E-state index is 10.9. The molecule has 116 valence electrons. The molecule has 6 heteroatoms. The Hall–Kier alpha value is 0.346. The number of amides is 1. The number of rotatable bonds is 4. The Balaban J connectivity index is -0.000000111. The molecule has 1 amide bonds. The zero-order chi connectivity index (χ0) is 14.1. The van der Waals surface area contributed by atoms with Gasteiger partial charge in [-0.2, -0.15) is 6.92 Å². The molecule has 2 fully saturated rings. The van der Waals surface area contributed by atoms with Crippen molar-refractivity contribution in [2.45, 2.75) is 46.0 Å². The van der Waals surface area contributed by atoms with Crippen LogP contribution in [-0.2, 0) is 14.4 Å². The van der Waals surface area contributed by atoms with Crippen LogP contribution in [0.25, 0.3) is 0 Å². The second kappa shape index (κ2) is 14.3. The van der Waals surface area contributed by atoms with Crippen molar-refractivity contribution in [2.75, 3.05) is 14.2 Å². The third-order valence-corrected chi connectivity index (χ3v) is 2.89. The normalized spacial score (nSPS) is 15.1. The van der Waals surface area contributed by atoms with Gasteiger partial charge >= 0.3 is 23.1 Å². The van der Waals surface area contributed by atoms with Crippen LogP contribution in [0.2, 0.25) is 0 Å². The van der Waals surface area contributed by atoms with Crippen molar-refractivity contribution < 1.29 is 15.9 Å². The van der Waals surface area contributed by atoms with Gasteiger partial charge < -0.3 is 8.35 Å². The number of hydroxylamine groups is 2. The number of carbonyl (C=O) groups is 2. The molecule has 0 N–H and O–H groups in total. The summed E-state index contributed by atoms with van der Waals surface area (Å²) in [5.41, 5.74) is 0.